The van der Waals surface area contributed by atoms with E-state index in [0.717, 1.165) is 22.5 Å². The first-order valence-electron chi connectivity index (χ1n) is 11.4. The summed E-state index contributed by atoms with van der Waals surface area (Å²) in [5.41, 5.74) is 3.51. The van der Waals surface area contributed by atoms with Crippen LogP contribution in [0, 0.1) is 20.8 Å². The highest BCUT2D eigenvalue weighted by molar-refractivity contribution is 7.17. The first kappa shape index (κ1) is 23.7. The van der Waals surface area contributed by atoms with Crippen LogP contribution in [-0.4, -0.2) is 23.3 Å². The van der Waals surface area contributed by atoms with E-state index in [9.17, 15) is 14.4 Å². The molecular weight excluding hydrogens is 476 g/mol. The number of fused-ring (bicyclic) bond motifs is 2. The first-order chi connectivity index (χ1) is 17.2. The SMILES string of the molecule is C=CCOc1ccc(C2c3c(oc4cc(C)c(C)cc4c3=O)C(=O)N2c2nc(C)c(C(C)=O)s2)cc1. The molecule has 8 heteroatoms. The summed E-state index contributed by atoms with van der Waals surface area (Å²) in [6.07, 6.45) is 1.65. The highest BCUT2D eigenvalue weighted by atomic mass is 32.1. The maximum absolute atomic E-state index is 13.8. The number of ketones is 1. The smallest absolute Gasteiger partial charge is 0.297 e. The van der Waals surface area contributed by atoms with Crippen molar-refractivity contribution in [2.45, 2.75) is 33.7 Å². The Morgan fingerprint density at radius 2 is 1.86 bits per heavy atom. The largest absolute Gasteiger partial charge is 0.490 e. The number of carbonyl (C=O) groups excluding carboxylic acids is 2. The number of amides is 1. The van der Waals surface area contributed by atoms with Crippen LogP contribution in [-0.2, 0) is 0 Å². The number of carbonyl (C=O) groups is 2. The predicted molar refractivity (Wildman–Crippen MR) is 140 cm³/mol. The Balaban J connectivity index is 1.74. The maximum atomic E-state index is 13.8. The Hall–Kier alpha value is -4.04. The molecule has 182 valence electrons. The van der Waals surface area contributed by atoms with Crippen molar-refractivity contribution in [3.05, 3.63) is 97.9 Å². The summed E-state index contributed by atoms with van der Waals surface area (Å²) < 4.78 is 11.7. The molecule has 4 aromatic rings. The number of hydrogen-bond acceptors (Lipinski definition) is 7. The van der Waals surface area contributed by atoms with Crippen LogP contribution in [0.4, 0.5) is 5.13 Å². The standard InChI is InChI=1S/C28H24N2O5S/c1-6-11-34-19-9-7-18(8-10-19)23-22-24(32)20-12-14(2)15(3)13-21(20)35-25(22)27(33)30(23)28-29-16(4)26(36-28)17(5)31/h6-10,12-13,23H,1,11H2,2-5H3. The number of anilines is 1. The third-order valence-electron chi connectivity index (χ3n) is 6.36. The van der Waals surface area contributed by atoms with E-state index in [1.54, 1.807) is 37.3 Å². The van der Waals surface area contributed by atoms with E-state index in [1.807, 2.05) is 26.0 Å². The number of nitrogens with zero attached hydrogens (tertiary/aromatic N) is 2. The molecule has 0 radical (unpaired) electrons. The lowest BCUT2D eigenvalue weighted by Gasteiger charge is -2.22. The Morgan fingerprint density at radius 3 is 2.50 bits per heavy atom. The number of rotatable bonds is 6. The van der Waals surface area contributed by atoms with Crippen LogP contribution in [0.1, 0.15) is 61.1 Å². The van der Waals surface area contributed by atoms with Gasteiger partial charge in [-0.1, -0.05) is 36.1 Å². The average Bonchev–Trinajstić information content (AvgIpc) is 3.37. The fourth-order valence-corrected chi connectivity index (χ4v) is 5.44. The van der Waals surface area contributed by atoms with Crippen LogP contribution in [0.25, 0.3) is 11.0 Å². The highest BCUT2D eigenvalue weighted by Gasteiger charge is 2.45. The third kappa shape index (κ3) is 3.74. The molecule has 36 heavy (non-hydrogen) atoms. The number of aryl methyl sites for hydroxylation is 3. The molecule has 2 aromatic carbocycles. The number of aromatic nitrogens is 1. The summed E-state index contributed by atoms with van der Waals surface area (Å²) >= 11 is 1.13. The van der Waals surface area contributed by atoms with Crippen molar-refractivity contribution >= 4 is 39.1 Å². The average molecular weight is 501 g/mol. The van der Waals surface area contributed by atoms with Gasteiger partial charge in [0.05, 0.1) is 27.6 Å². The van der Waals surface area contributed by atoms with Gasteiger partial charge < -0.3 is 9.15 Å². The summed E-state index contributed by atoms with van der Waals surface area (Å²) in [5, 5.41) is 0.754. The molecule has 0 saturated heterocycles. The van der Waals surface area contributed by atoms with Crippen molar-refractivity contribution < 1.29 is 18.7 Å². The molecule has 0 fully saturated rings. The van der Waals surface area contributed by atoms with Crippen molar-refractivity contribution in [3.8, 4) is 5.75 Å². The number of Topliss-reactive ketones (excluding diaryl/α,β-unsaturated/α-hetero) is 1. The Bertz CT molecular complexity index is 1610. The molecule has 0 aliphatic carbocycles. The fraction of sp³-hybridized carbons (Fsp3) is 0.214. The van der Waals surface area contributed by atoms with E-state index in [2.05, 4.69) is 11.6 Å². The predicted octanol–water partition coefficient (Wildman–Crippen LogP) is 5.69. The van der Waals surface area contributed by atoms with Crippen LogP contribution < -0.4 is 15.1 Å². The van der Waals surface area contributed by atoms with Gasteiger partial charge in [0, 0.05) is 6.92 Å². The molecule has 0 saturated carbocycles. The van der Waals surface area contributed by atoms with Crippen molar-refractivity contribution in [1.82, 2.24) is 4.98 Å². The maximum Gasteiger partial charge on any atom is 0.297 e. The Labute approximate surface area is 211 Å². The number of thiazole rings is 1. The van der Waals surface area contributed by atoms with Crippen LogP contribution in [0.15, 0.2) is 58.3 Å². The third-order valence-corrected chi connectivity index (χ3v) is 7.62. The number of benzene rings is 2. The van der Waals surface area contributed by atoms with Crippen LogP contribution in [0.2, 0.25) is 0 Å². The lowest BCUT2D eigenvalue weighted by atomic mass is 9.97. The zero-order valence-electron chi connectivity index (χ0n) is 20.4. The molecule has 3 heterocycles. The quantitative estimate of drug-likeness (QED) is 0.250. The van der Waals surface area contributed by atoms with E-state index < -0.39 is 11.9 Å². The molecule has 2 aromatic heterocycles. The topological polar surface area (TPSA) is 89.7 Å². The summed E-state index contributed by atoms with van der Waals surface area (Å²) in [6, 6.07) is 10.0. The van der Waals surface area contributed by atoms with E-state index in [0.29, 0.717) is 44.6 Å². The minimum atomic E-state index is -0.770. The van der Waals surface area contributed by atoms with E-state index in [1.165, 1.54) is 11.8 Å². The molecule has 1 unspecified atom stereocenters. The van der Waals surface area contributed by atoms with Gasteiger partial charge in [-0.15, -0.1) is 0 Å². The molecule has 1 amide bonds. The van der Waals surface area contributed by atoms with Crippen LogP contribution in [0.3, 0.4) is 0 Å². The van der Waals surface area contributed by atoms with Gasteiger partial charge in [-0.05, 0) is 61.7 Å². The van der Waals surface area contributed by atoms with Crippen molar-refractivity contribution in [2.24, 2.45) is 0 Å². The van der Waals surface area contributed by atoms with Gasteiger partial charge in [0.15, 0.2) is 16.3 Å². The second-order valence-electron chi connectivity index (χ2n) is 8.82. The normalized spacial score (nSPS) is 14.8. The van der Waals surface area contributed by atoms with Gasteiger partial charge in [0.2, 0.25) is 5.76 Å². The van der Waals surface area contributed by atoms with E-state index >= 15 is 0 Å². The van der Waals surface area contributed by atoms with Gasteiger partial charge in [-0.25, -0.2) is 4.98 Å². The highest BCUT2D eigenvalue weighted by Crippen LogP contribution is 2.43. The van der Waals surface area contributed by atoms with E-state index in [-0.39, 0.29) is 22.5 Å². The molecule has 1 aliphatic heterocycles. The summed E-state index contributed by atoms with van der Waals surface area (Å²) in [5.74, 6) is 0.0231. The van der Waals surface area contributed by atoms with Gasteiger partial charge >= 0.3 is 0 Å². The minimum absolute atomic E-state index is 0.00929. The molecule has 1 atom stereocenters. The number of ether oxygens (including phenoxy) is 1. The van der Waals surface area contributed by atoms with Gasteiger partial charge in [-0.2, -0.15) is 0 Å². The molecule has 1 aliphatic rings. The minimum Gasteiger partial charge on any atom is -0.490 e. The first-order valence-corrected chi connectivity index (χ1v) is 12.3. The van der Waals surface area contributed by atoms with Gasteiger partial charge in [0.1, 0.15) is 17.9 Å². The van der Waals surface area contributed by atoms with Crippen molar-refractivity contribution in [3.63, 3.8) is 0 Å². The zero-order valence-corrected chi connectivity index (χ0v) is 21.2. The lowest BCUT2D eigenvalue weighted by molar-refractivity contribution is 0.0969. The number of hydrogen-bond donors (Lipinski definition) is 0. The molecule has 7 nitrogen and oxygen atoms in total. The summed E-state index contributed by atoms with van der Waals surface area (Å²) in [7, 11) is 0. The van der Waals surface area contributed by atoms with Crippen molar-refractivity contribution in [1.29, 1.82) is 0 Å². The van der Waals surface area contributed by atoms with E-state index in [4.69, 9.17) is 9.15 Å². The zero-order chi connectivity index (χ0) is 25.7. The van der Waals surface area contributed by atoms with Crippen LogP contribution in [0.5, 0.6) is 5.75 Å². The Morgan fingerprint density at radius 1 is 1.17 bits per heavy atom. The molecule has 5 rings (SSSR count). The van der Waals surface area contributed by atoms with Crippen molar-refractivity contribution in [2.75, 3.05) is 11.5 Å². The molecule has 0 N–H and O–H groups in total. The summed E-state index contributed by atoms with van der Waals surface area (Å²) in [6.45, 7) is 11.1. The molecule has 0 spiro atoms. The van der Waals surface area contributed by atoms with Gasteiger partial charge in [-0.3, -0.25) is 19.3 Å². The van der Waals surface area contributed by atoms with Crippen LogP contribution >= 0.6 is 11.3 Å². The lowest BCUT2D eigenvalue weighted by Crippen LogP contribution is -2.29. The molecule has 0 bridgehead atoms. The fourth-order valence-electron chi connectivity index (χ4n) is 4.45. The monoisotopic (exact) mass is 500 g/mol. The summed E-state index contributed by atoms with van der Waals surface area (Å²) in [4.78, 5) is 46.2. The second kappa shape index (κ2) is 8.87. The Kier molecular flexibility index (Phi) is 5.84. The van der Waals surface area contributed by atoms with Gasteiger partial charge in [0.25, 0.3) is 5.91 Å². The second-order valence-corrected chi connectivity index (χ2v) is 9.80. The molecular formula is C28H24N2O5S.